The maximum atomic E-state index is 12.1. The van der Waals surface area contributed by atoms with E-state index >= 15 is 0 Å². The number of halogens is 1. The van der Waals surface area contributed by atoms with Crippen LogP contribution in [0, 0.1) is 0 Å². The van der Waals surface area contributed by atoms with Crippen LogP contribution in [0.25, 0.3) is 0 Å². The normalized spacial score (nSPS) is 17.7. The van der Waals surface area contributed by atoms with Gasteiger partial charge in [-0.1, -0.05) is 17.7 Å². The number of nitrogens with zero attached hydrogens (tertiary/aromatic N) is 3. The van der Waals surface area contributed by atoms with E-state index in [1.54, 1.807) is 30.8 Å². The Morgan fingerprint density at radius 1 is 1.39 bits per heavy atom. The van der Waals surface area contributed by atoms with Crippen LogP contribution in [0.1, 0.15) is 6.42 Å². The van der Waals surface area contributed by atoms with Crippen molar-refractivity contribution in [2.24, 2.45) is 4.99 Å². The molecule has 1 unspecified atom stereocenters. The molecule has 0 saturated carbocycles. The fourth-order valence-corrected chi connectivity index (χ4v) is 5.23. The van der Waals surface area contributed by atoms with Crippen molar-refractivity contribution in [1.82, 2.24) is 20.3 Å². The molecule has 2 aromatic rings. The van der Waals surface area contributed by atoms with Crippen LogP contribution >= 0.6 is 22.9 Å². The first-order valence-electron chi connectivity index (χ1n) is 8.85. The summed E-state index contributed by atoms with van der Waals surface area (Å²) in [5.74, 6) is 1.42. The minimum Gasteiger partial charge on any atom is -0.355 e. The SMILES string of the molecule is CN=C(NCCNS(=O)(=O)c1cccs1)NC1CCN(c2ncccc2Cl)C1. The summed E-state index contributed by atoms with van der Waals surface area (Å²) >= 11 is 7.42. The lowest BCUT2D eigenvalue weighted by atomic mass is 10.3. The standard InChI is InChI=1S/C17H23ClN6O2S2/c1-19-17(21-8-9-22-28(25,26)15-5-3-11-27-15)23-13-6-10-24(12-13)16-14(18)4-2-7-20-16/h2-5,7,11,13,22H,6,8-10,12H2,1H3,(H2,19,21,23). The average Bonchev–Trinajstić information content (AvgIpc) is 3.37. The van der Waals surface area contributed by atoms with Crippen LogP contribution in [0.2, 0.25) is 5.02 Å². The second-order valence-corrected chi connectivity index (χ2v) is 9.56. The molecule has 0 aromatic carbocycles. The van der Waals surface area contributed by atoms with Crippen molar-refractivity contribution < 1.29 is 8.42 Å². The molecule has 152 valence electrons. The van der Waals surface area contributed by atoms with Crippen molar-refractivity contribution in [2.75, 3.05) is 38.1 Å². The first-order chi connectivity index (χ1) is 13.5. The number of nitrogens with one attached hydrogen (secondary N) is 3. The van der Waals surface area contributed by atoms with Gasteiger partial charge in [0.1, 0.15) is 10.0 Å². The zero-order valence-corrected chi connectivity index (χ0v) is 17.8. The van der Waals surface area contributed by atoms with Crippen LogP contribution in [0.15, 0.2) is 45.0 Å². The van der Waals surface area contributed by atoms with Crippen molar-refractivity contribution in [3.8, 4) is 0 Å². The van der Waals surface area contributed by atoms with E-state index in [-0.39, 0.29) is 12.6 Å². The quantitative estimate of drug-likeness (QED) is 0.341. The van der Waals surface area contributed by atoms with Crippen molar-refractivity contribution in [2.45, 2.75) is 16.7 Å². The molecule has 0 radical (unpaired) electrons. The van der Waals surface area contributed by atoms with Gasteiger partial charge in [-0.15, -0.1) is 11.3 Å². The molecule has 28 heavy (non-hydrogen) atoms. The van der Waals surface area contributed by atoms with Gasteiger partial charge in [-0.3, -0.25) is 4.99 Å². The summed E-state index contributed by atoms with van der Waals surface area (Å²) in [6, 6.07) is 7.15. The van der Waals surface area contributed by atoms with E-state index in [0.29, 0.717) is 21.7 Å². The summed E-state index contributed by atoms with van der Waals surface area (Å²) in [5, 5.41) is 8.88. The molecule has 0 bridgehead atoms. The number of anilines is 1. The summed E-state index contributed by atoms with van der Waals surface area (Å²) in [7, 11) is -1.76. The minimum atomic E-state index is -3.44. The Labute approximate surface area is 174 Å². The number of rotatable bonds is 7. The van der Waals surface area contributed by atoms with E-state index < -0.39 is 10.0 Å². The molecule has 11 heteroatoms. The minimum absolute atomic E-state index is 0.201. The third-order valence-electron chi connectivity index (χ3n) is 4.26. The summed E-state index contributed by atoms with van der Waals surface area (Å²) in [6.45, 7) is 2.31. The van der Waals surface area contributed by atoms with E-state index in [2.05, 4.69) is 30.2 Å². The van der Waals surface area contributed by atoms with Gasteiger partial charge in [0.2, 0.25) is 10.0 Å². The van der Waals surface area contributed by atoms with Crippen LogP contribution in [0.5, 0.6) is 0 Å². The predicted molar refractivity (Wildman–Crippen MR) is 114 cm³/mol. The summed E-state index contributed by atoms with van der Waals surface area (Å²) in [6.07, 6.45) is 2.66. The average molecular weight is 443 g/mol. The van der Waals surface area contributed by atoms with Crippen molar-refractivity contribution >= 4 is 44.7 Å². The van der Waals surface area contributed by atoms with Crippen LogP contribution in [0.3, 0.4) is 0 Å². The highest BCUT2D eigenvalue weighted by Gasteiger charge is 2.25. The molecule has 1 aliphatic heterocycles. The van der Waals surface area contributed by atoms with Crippen LogP contribution in [0.4, 0.5) is 5.82 Å². The zero-order valence-electron chi connectivity index (χ0n) is 15.4. The Hall–Kier alpha value is -1.88. The van der Waals surface area contributed by atoms with Crippen LogP contribution < -0.4 is 20.3 Å². The Kier molecular flexibility index (Phi) is 7.11. The fraction of sp³-hybridized carbons (Fsp3) is 0.412. The second-order valence-electron chi connectivity index (χ2n) is 6.21. The first-order valence-corrected chi connectivity index (χ1v) is 11.6. The molecule has 0 aliphatic carbocycles. The maximum Gasteiger partial charge on any atom is 0.250 e. The van der Waals surface area contributed by atoms with Gasteiger partial charge in [0.05, 0.1) is 5.02 Å². The molecule has 1 aliphatic rings. The molecule has 3 N–H and O–H groups in total. The highest BCUT2D eigenvalue weighted by Crippen LogP contribution is 2.25. The molecular weight excluding hydrogens is 420 g/mol. The monoisotopic (exact) mass is 442 g/mol. The number of aromatic nitrogens is 1. The molecule has 0 spiro atoms. The number of pyridine rings is 1. The lowest BCUT2D eigenvalue weighted by Gasteiger charge is -2.20. The molecule has 3 heterocycles. The third-order valence-corrected chi connectivity index (χ3v) is 7.41. The lowest BCUT2D eigenvalue weighted by Crippen LogP contribution is -2.46. The second kappa shape index (κ2) is 9.55. The summed E-state index contributed by atoms with van der Waals surface area (Å²) < 4.78 is 27.1. The number of aliphatic imine (C=N–C) groups is 1. The van der Waals surface area contributed by atoms with Crippen LogP contribution in [-0.2, 0) is 10.0 Å². The maximum absolute atomic E-state index is 12.1. The molecule has 3 rings (SSSR count). The largest absolute Gasteiger partial charge is 0.355 e. The van der Waals surface area contributed by atoms with Gasteiger partial charge in [0.15, 0.2) is 5.96 Å². The Morgan fingerprint density at radius 2 is 2.25 bits per heavy atom. The van der Waals surface area contributed by atoms with E-state index in [1.807, 2.05) is 12.1 Å². The first kappa shape index (κ1) is 20.8. The number of sulfonamides is 1. The topological polar surface area (TPSA) is 98.7 Å². The molecule has 1 saturated heterocycles. The number of guanidine groups is 1. The van der Waals surface area contributed by atoms with E-state index in [4.69, 9.17) is 11.6 Å². The Bertz CT molecular complexity index is 904. The smallest absolute Gasteiger partial charge is 0.250 e. The fourth-order valence-electron chi connectivity index (χ4n) is 2.92. The van der Waals surface area contributed by atoms with Gasteiger partial charge in [-0.25, -0.2) is 18.1 Å². The molecule has 1 fully saturated rings. The predicted octanol–water partition coefficient (Wildman–Crippen LogP) is 1.52. The zero-order chi connectivity index (χ0) is 20.0. The van der Waals surface area contributed by atoms with Gasteiger partial charge in [0, 0.05) is 45.5 Å². The van der Waals surface area contributed by atoms with E-state index in [0.717, 1.165) is 25.3 Å². The summed E-state index contributed by atoms with van der Waals surface area (Å²) in [5.41, 5.74) is 0. The number of hydrogen-bond donors (Lipinski definition) is 3. The van der Waals surface area contributed by atoms with Gasteiger partial charge in [0.25, 0.3) is 0 Å². The van der Waals surface area contributed by atoms with Crippen molar-refractivity contribution in [3.05, 3.63) is 40.9 Å². The van der Waals surface area contributed by atoms with Crippen LogP contribution in [-0.4, -0.2) is 58.6 Å². The highest BCUT2D eigenvalue weighted by molar-refractivity contribution is 7.91. The highest BCUT2D eigenvalue weighted by atomic mass is 35.5. The van der Waals surface area contributed by atoms with Gasteiger partial charge in [-0.05, 0) is 30.0 Å². The number of hydrogen-bond acceptors (Lipinski definition) is 6. The van der Waals surface area contributed by atoms with Gasteiger partial charge < -0.3 is 15.5 Å². The van der Waals surface area contributed by atoms with Crippen molar-refractivity contribution in [3.63, 3.8) is 0 Å². The van der Waals surface area contributed by atoms with E-state index in [9.17, 15) is 8.42 Å². The van der Waals surface area contributed by atoms with Gasteiger partial charge >= 0.3 is 0 Å². The van der Waals surface area contributed by atoms with Crippen molar-refractivity contribution in [1.29, 1.82) is 0 Å². The third kappa shape index (κ3) is 5.34. The molecule has 8 nitrogen and oxygen atoms in total. The molecule has 0 amide bonds. The summed E-state index contributed by atoms with van der Waals surface area (Å²) in [4.78, 5) is 10.7. The Balaban J connectivity index is 1.43. The molecule has 1 atom stereocenters. The molecular formula is C17H23ClN6O2S2. The lowest BCUT2D eigenvalue weighted by molar-refractivity contribution is 0.582. The van der Waals surface area contributed by atoms with Gasteiger partial charge in [-0.2, -0.15) is 0 Å². The molecule has 2 aromatic heterocycles. The Morgan fingerprint density at radius 3 is 2.96 bits per heavy atom. The van der Waals surface area contributed by atoms with E-state index in [1.165, 1.54) is 11.3 Å². The number of thiophene rings is 1.